The van der Waals surface area contributed by atoms with Gasteiger partial charge in [-0.3, -0.25) is 0 Å². The van der Waals surface area contributed by atoms with E-state index in [9.17, 15) is 0 Å². The van der Waals surface area contributed by atoms with Crippen molar-refractivity contribution < 1.29 is 0 Å². The highest BCUT2D eigenvalue weighted by Gasteiger charge is 2.57. The summed E-state index contributed by atoms with van der Waals surface area (Å²) in [4.78, 5) is 5.64. The highest BCUT2D eigenvalue weighted by Crippen LogP contribution is 2.60. The monoisotopic (exact) mass is 1010 g/mol. The Kier molecular flexibility index (Phi) is 9.54. The molecule has 0 amide bonds. The van der Waals surface area contributed by atoms with Crippen LogP contribution in [0.4, 0.5) is 28.4 Å². The number of nitrogens with zero attached hydrogens (tertiary/aromatic N) is 2. The molecule has 15 rings (SSSR count). The molecule has 2 aliphatic carbocycles. The Morgan fingerprint density at radius 3 is 1.80 bits per heavy atom. The van der Waals surface area contributed by atoms with Gasteiger partial charge in [0.05, 0.1) is 11.4 Å². The predicted octanol–water partition coefficient (Wildman–Crippen LogP) is 14.9. The molecule has 0 fully saturated rings. The molecule has 4 heterocycles. The third kappa shape index (κ3) is 6.05. The molecule has 5 aliphatic rings. The van der Waals surface area contributed by atoms with E-state index in [1.807, 2.05) is 0 Å². The SMILES string of the molecule is CC(C)(C)c1ccc(N2c3cc4c(c5c3B(c3sc6cc7c(cc6c32)C(C)(C)CCC7(C)C)N2c3ccccc3[Si](c3ccccc3)(c3ccccc3)c3cccc-5c32)C(C)(C)c2ccccc2-4)c(-c2ccccc2)c1. The fourth-order valence-electron chi connectivity index (χ4n) is 15.1. The van der Waals surface area contributed by atoms with Crippen molar-refractivity contribution >= 4 is 95.8 Å². The fourth-order valence-corrected chi connectivity index (χ4v) is 21.5. The fraction of sp³-hybridized carbons (Fsp3) is 0.211. The summed E-state index contributed by atoms with van der Waals surface area (Å²) in [5, 5.41) is 7.11. The lowest BCUT2D eigenvalue weighted by Gasteiger charge is -2.52. The molecular formula is C71H63BN2SSi. The Hall–Kier alpha value is -7.18. The molecular weight excluding hydrogens is 952 g/mol. The quantitative estimate of drug-likeness (QED) is 0.162. The van der Waals surface area contributed by atoms with Gasteiger partial charge in [0.15, 0.2) is 8.07 Å². The van der Waals surface area contributed by atoms with Crippen LogP contribution in [0.3, 0.4) is 0 Å². The van der Waals surface area contributed by atoms with Gasteiger partial charge in [-0.15, -0.1) is 11.3 Å². The van der Waals surface area contributed by atoms with E-state index in [1.54, 1.807) is 0 Å². The highest BCUT2D eigenvalue weighted by atomic mass is 32.1. The Labute approximate surface area is 454 Å². The van der Waals surface area contributed by atoms with Crippen LogP contribution in [0.2, 0.25) is 0 Å². The Balaban J connectivity index is 1.16. The van der Waals surface area contributed by atoms with E-state index in [4.69, 9.17) is 0 Å². The smallest absolute Gasteiger partial charge is 0.343 e. The van der Waals surface area contributed by atoms with Gasteiger partial charge in [0.2, 0.25) is 0 Å². The highest BCUT2D eigenvalue weighted by molar-refractivity contribution is 7.33. The Morgan fingerprint density at radius 2 is 1.11 bits per heavy atom. The summed E-state index contributed by atoms with van der Waals surface area (Å²) in [6.45, 7) is 21.9. The van der Waals surface area contributed by atoms with E-state index in [0.717, 1.165) is 6.42 Å². The second-order valence-electron chi connectivity index (χ2n) is 25.4. The van der Waals surface area contributed by atoms with Crippen molar-refractivity contribution in [3.63, 3.8) is 0 Å². The van der Waals surface area contributed by atoms with Gasteiger partial charge in [0, 0.05) is 48.5 Å². The molecule has 0 saturated carbocycles. The zero-order chi connectivity index (χ0) is 51.8. The van der Waals surface area contributed by atoms with Crippen molar-refractivity contribution in [2.75, 3.05) is 9.71 Å². The minimum Gasteiger partial charge on any atom is -0.376 e. The van der Waals surface area contributed by atoms with Crippen LogP contribution in [-0.2, 0) is 21.7 Å². The average molecular weight is 1020 g/mol. The first-order valence-electron chi connectivity index (χ1n) is 27.7. The molecule has 1 aromatic heterocycles. The second-order valence-corrected chi connectivity index (χ2v) is 30.2. The summed E-state index contributed by atoms with van der Waals surface area (Å²) in [5.74, 6) is 0. The largest absolute Gasteiger partial charge is 0.376 e. The summed E-state index contributed by atoms with van der Waals surface area (Å²) in [5.41, 5.74) is 22.9. The minimum absolute atomic E-state index is 0.0332. The molecule has 2 nitrogen and oxygen atoms in total. The van der Waals surface area contributed by atoms with Crippen LogP contribution >= 0.6 is 11.3 Å². The minimum atomic E-state index is -2.97. The zero-order valence-electron chi connectivity index (χ0n) is 45.3. The standard InChI is InChI=1S/C71H63BN2SSi/c1-68(2,3)45-36-37-56(50(40-45)44-24-13-10-14-25-44)73-58-42-51-48-30-19-20-32-53(48)71(8,9)63(51)62-49-31-23-35-61-65(49)74(57-33-21-22-34-60(57)76(61,46-26-15-11-16-27-46)47-28-17-12-18-29-47)72(64(58)62)67-66(73)52-41-54-55(43-59(52)75-67)70(6,7)39-38-69(54,4)5/h10-37,40-43H,38-39H2,1-9H3. The maximum Gasteiger partial charge on any atom is 0.343 e. The van der Waals surface area contributed by atoms with Crippen LogP contribution in [-0.4, -0.2) is 14.9 Å². The lowest BCUT2D eigenvalue weighted by molar-refractivity contribution is 0.332. The molecule has 76 heavy (non-hydrogen) atoms. The summed E-state index contributed by atoms with van der Waals surface area (Å²) >= 11 is 2.06. The van der Waals surface area contributed by atoms with E-state index in [2.05, 4.69) is 277 Å². The zero-order valence-corrected chi connectivity index (χ0v) is 47.1. The number of benzene rings is 9. The first kappa shape index (κ1) is 46.2. The lowest BCUT2D eigenvalue weighted by atomic mass is 9.45. The van der Waals surface area contributed by atoms with E-state index in [-0.39, 0.29) is 28.5 Å². The van der Waals surface area contributed by atoms with E-state index < -0.39 is 8.07 Å². The van der Waals surface area contributed by atoms with Crippen LogP contribution in [0.1, 0.15) is 103 Å². The average Bonchev–Trinajstić information content (AvgIpc) is 4.06. The first-order chi connectivity index (χ1) is 36.6. The summed E-state index contributed by atoms with van der Waals surface area (Å²) in [6, 6.07) is 76.1. The first-order valence-corrected chi connectivity index (χ1v) is 30.5. The third-order valence-corrected chi connectivity index (χ3v) is 24.9. The Morgan fingerprint density at radius 1 is 0.500 bits per heavy atom. The predicted molar refractivity (Wildman–Crippen MR) is 330 cm³/mol. The maximum absolute atomic E-state index is 2.97. The van der Waals surface area contributed by atoms with Crippen molar-refractivity contribution in [1.82, 2.24) is 0 Å². The Bertz CT molecular complexity index is 4050. The number of fused-ring (bicyclic) bond motifs is 13. The molecule has 5 heteroatoms. The van der Waals surface area contributed by atoms with Gasteiger partial charge >= 0.3 is 6.85 Å². The molecule has 0 radical (unpaired) electrons. The maximum atomic E-state index is 2.87. The molecule has 9 aromatic carbocycles. The second kappa shape index (κ2) is 15.7. The molecule has 0 N–H and O–H groups in total. The van der Waals surface area contributed by atoms with Crippen LogP contribution in [0.25, 0.3) is 43.5 Å². The third-order valence-electron chi connectivity index (χ3n) is 18.9. The van der Waals surface area contributed by atoms with Gasteiger partial charge in [-0.2, -0.15) is 0 Å². The number of hydrogen-bond acceptors (Lipinski definition) is 3. The number of thiophene rings is 1. The molecule has 3 aliphatic heterocycles. The van der Waals surface area contributed by atoms with Crippen molar-refractivity contribution in [3.8, 4) is 33.4 Å². The number of anilines is 5. The van der Waals surface area contributed by atoms with E-state index >= 15 is 0 Å². The summed E-state index contributed by atoms with van der Waals surface area (Å²) in [7, 11) is -2.97. The summed E-state index contributed by atoms with van der Waals surface area (Å²) < 4.78 is 2.79. The van der Waals surface area contributed by atoms with Gasteiger partial charge in [0.1, 0.15) is 0 Å². The number of hydrogen-bond donors (Lipinski definition) is 0. The van der Waals surface area contributed by atoms with Crippen molar-refractivity contribution in [3.05, 3.63) is 222 Å². The molecule has 0 bridgehead atoms. The van der Waals surface area contributed by atoms with E-state index in [0.29, 0.717) is 0 Å². The normalized spacial score (nSPS) is 17.2. The van der Waals surface area contributed by atoms with Crippen LogP contribution in [0.15, 0.2) is 194 Å². The van der Waals surface area contributed by atoms with Crippen molar-refractivity contribution in [1.29, 1.82) is 0 Å². The molecule has 10 aromatic rings. The number of rotatable bonds is 4. The van der Waals surface area contributed by atoms with Gasteiger partial charge in [-0.25, -0.2) is 0 Å². The van der Waals surface area contributed by atoms with Gasteiger partial charge < -0.3 is 9.71 Å². The molecule has 0 unspecified atom stereocenters. The topological polar surface area (TPSA) is 6.48 Å². The van der Waals surface area contributed by atoms with Gasteiger partial charge in [-0.1, -0.05) is 220 Å². The molecule has 0 spiro atoms. The van der Waals surface area contributed by atoms with Crippen molar-refractivity contribution in [2.24, 2.45) is 0 Å². The molecule has 370 valence electrons. The van der Waals surface area contributed by atoms with Gasteiger partial charge in [0.25, 0.3) is 0 Å². The van der Waals surface area contributed by atoms with Crippen molar-refractivity contribution in [2.45, 2.75) is 96.8 Å². The van der Waals surface area contributed by atoms with E-state index in [1.165, 1.54) is 137 Å². The summed E-state index contributed by atoms with van der Waals surface area (Å²) in [6.07, 6.45) is 2.34. The van der Waals surface area contributed by atoms with Gasteiger partial charge in [-0.05, 0) is 142 Å². The number of para-hydroxylation sites is 2. The van der Waals surface area contributed by atoms with Crippen LogP contribution in [0.5, 0.6) is 0 Å². The molecule has 0 saturated heterocycles. The van der Waals surface area contributed by atoms with Crippen LogP contribution in [0, 0.1) is 0 Å². The molecule has 0 atom stereocenters. The lowest BCUT2D eigenvalue weighted by Crippen LogP contribution is -2.79. The van der Waals surface area contributed by atoms with Crippen LogP contribution < -0.4 is 40.7 Å².